The van der Waals surface area contributed by atoms with E-state index in [1.165, 1.54) is 104 Å². The number of nitrogens with zero attached hydrogens (tertiary/aromatic N) is 2. The summed E-state index contributed by atoms with van der Waals surface area (Å²) in [6.07, 6.45) is 28.5. The van der Waals surface area contributed by atoms with Crippen molar-refractivity contribution in [3.05, 3.63) is 152 Å². The largest absolute Gasteiger partial charge is 0.490 e. The van der Waals surface area contributed by atoms with E-state index >= 15 is 13.2 Å². The van der Waals surface area contributed by atoms with Gasteiger partial charge in [0, 0.05) is 91.0 Å². The normalized spacial score (nSPS) is 22.3. The van der Waals surface area contributed by atoms with Crippen LogP contribution in [0.4, 0.5) is 13.2 Å². The quantitative estimate of drug-likeness (QED) is 0.0775. The van der Waals surface area contributed by atoms with Crippen LogP contribution in [0.1, 0.15) is 393 Å². The van der Waals surface area contributed by atoms with Gasteiger partial charge in [0.2, 0.25) is 0 Å². The van der Waals surface area contributed by atoms with Crippen molar-refractivity contribution in [1.82, 2.24) is 15.1 Å². The zero-order valence-corrected chi connectivity index (χ0v) is 88.7. The molecule has 138 heavy (non-hydrogen) atoms. The fraction of sp³-hybridized carbons (Fsp3) is 0.664. The summed E-state index contributed by atoms with van der Waals surface area (Å²) in [7, 11) is 0. The lowest BCUT2D eigenvalue weighted by molar-refractivity contribution is -0.179. The number of nitrogens with one attached hydrogen (secondary N) is 1. The van der Waals surface area contributed by atoms with Gasteiger partial charge in [-0.15, -0.1) is 0 Å². The Morgan fingerprint density at radius 1 is 0.399 bits per heavy atom. The Morgan fingerprint density at radius 2 is 0.732 bits per heavy atom. The number of benzene rings is 6. The monoisotopic (exact) mass is 1900 g/mol. The van der Waals surface area contributed by atoms with Gasteiger partial charge in [0.1, 0.15) is 18.0 Å². The van der Waals surface area contributed by atoms with Crippen molar-refractivity contribution < 1.29 is 75.4 Å². The number of carboxylic acid groups (broad SMARTS) is 1. The summed E-state index contributed by atoms with van der Waals surface area (Å²) in [5.41, 5.74) is 25.3. The van der Waals surface area contributed by atoms with Gasteiger partial charge in [0.05, 0.1) is 36.6 Å². The van der Waals surface area contributed by atoms with Crippen LogP contribution in [0.25, 0.3) is 33.4 Å². The molecule has 9 atom stereocenters. The van der Waals surface area contributed by atoms with E-state index in [9.17, 15) is 24.3 Å². The predicted molar refractivity (Wildman–Crippen MR) is 546 cm³/mol. The van der Waals surface area contributed by atoms with Crippen LogP contribution in [0.2, 0.25) is 0 Å². The molecule has 0 amide bonds. The lowest BCUT2D eigenvalue weighted by Crippen LogP contribution is -2.41. The third kappa shape index (κ3) is 23.9. The Morgan fingerprint density at radius 3 is 1.07 bits per heavy atom. The number of rotatable bonds is 18. The number of carbonyl (C=O) groups is 4. The fourth-order valence-corrected chi connectivity index (χ4v) is 25.6. The van der Waals surface area contributed by atoms with Crippen molar-refractivity contribution in [2.75, 3.05) is 39.5 Å². The number of fused-ring (bicyclic) bond motifs is 6. The molecule has 0 radical (unpaired) electrons. The number of hydrogen-bond acceptors (Lipinski definition) is 15. The van der Waals surface area contributed by atoms with Gasteiger partial charge in [-0.2, -0.15) is 0 Å². The first-order valence-corrected chi connectivity index (χ1v) is 53.6. The molecule has 6 aromatic carbocycles. The smallest absolute Gasteiger partial charge is 0.340 e. The number of Topliss-reactive ketones (excluding diaryl/α,β-unsaturated/α-hetero) is 1. The van der Waals surface area contributed by atoms with Crippen LogP contribution in [0.3, 0.4) is 0 Å². The zero-order valence-electron chi connectivity index (χ0n) is 88.7. The van der Waals surface area contributed by atoms with E-state index in [2.05, 4.69) is 105 Å². The van der Waals surface area contributed by atoms with Crippen LogP contribution < -0.4 is 19.5 Å². The van der Waals surface area contributed by atoms with Crippen molar-refractivity contribution >= 4 is 23.7 Å². The highest BCUT2D eigenvalue weighted by Crippen LogP contribution is 2.53. The fourth-order valence-electron chi connectivity index (χ4n) is 25.6. The van der Waals surface area contributed by atoms with Gasteiger partial charge in [0.15, 0.2) is 53.0 Å². The number of carbonyl (C=O) groups excluding carboxylic acids is 3. The van der Waals surface area contributed by atoms with E-state index in [0.29, 0.717) is 96.0 Å². The van der Waals surface area contributed by atoms with E-state index in [0.717, 1.165) is 273 Å². The summed E-state index contributed by atoms with van der Waals surface area (Å²) in [5, 5.41) is 14.0. The molecule has 0 bridgehead atoms. The van der Waals surface area contributed by atoms with Crippen molar-refractivity contribution in [1.29, 1.82) is 0 Å². The lowest BCUT2D eigenvalue weighted by atomic mass is 9.75. The number of esters is 2. The number of ketones is 1. The minimum atomic E-state index is -1.16. The van der Waals surface area contributed by atoms with Gasteiger partial charge < -0.3 is 48.3 Å². The molecule has 5 aliphatic carbocycles. The average molecular weight is 1910 g/mol. The van der Waals surface area contributed by atoms with E-state index in [-0.39, 0.29) is 41.6 Å². The van der Waals surface area contributed by atoms with Crippen LogP contribution >= 0.6 is 0 Å². The molecule has 5 saturated carbocycles. The van der Waals surface area contributed by atoms with Gasteiger partial charge in [-0.25, -0.2) is 27.6 Å². The molecule has 6 aromatic rings. The molecule has 2 N–H and O–H groups in total. The predicted octanol–water partition coefficient (Wildman–Crippen LogP) is 27.4. The molecular weight excluding hydrogens is 1740 g/mol. The Balaban J connectivity index is 0.000000160. The molecule has 6 aliphatic heterocycles. The molecule has 0 aromatic heterocycles. The maximum atomic E-state index is 16.0. The first-order chi connectivity index (χ1) is 65.4. The number of halogens is 3. The highest BCUT2D eigenvalue weighted by molar-refractivity contribution is 5.90. The van der Waals surface area contributed by atoms with Crippen LogP contribution in [-0.2, 0) is 101 Å². The first kappa shape index (κ1) is 106. The molecule has 17 rings (SSSR count). The average Bonchev–Trinajstić information content (AvgIpc) is 0.736. The lowest BCUT2D eigenvalue weighted by Gasteiger charge is -2.41. The van der Waals surface area contributed by atoms with Crippen molar-refractivity contribution in [3.63, 3.8) is 0 Å². The highest BCUT2D eigenvalue weighted by Gasteiger charge is 2.46. The van der Waals surface area contributed by atoms with Gasteiger partial charge >= 0.3 is 17.9 Å². The maximum Gasteiger partial charge on any atom is 0.340 e. The van der Waals surface area contributed by atoms with Gasteiger partial charge in [0.25, 0.3) is 0 Å². The van der Waals surface area contributed by atoms with Gasteiger partial charge in [-0.3, -0.25) is 14.6 Å². The van der Waals surface area contributed by atoms with Crippen LogP contribution in [-0.4, -0.2) is 119 Å². The molecule has 11 aliphatic rings. The Kier molecular flexibility index (Phi) is 34.7. The molecule has 6 heterocycles. The van der Waals surface area contributed by atoms with E-state index < -0.39 is 41.1 Å². The Hall–Kier alpha value is -7.65. The SMILES string of the molecule is Cc1c(-c2c(C)c3c(c(C)c2[C@H](OC(C)(C)C)C(=O)O)CCN(C2CCCCC2)C3)cc(F)c2c1CCCO2.Cc1c(-c2c(C)c3c(c(C)c2[C@H](OC(C)(C)C)C(=O)OC2C[C@H](C)CC[C@H]2C(C)C)CCN(C2CCCCC2)C3)cc(F)c2c1CCCO2.Cc1c(-c2c(C)c3c(c(C)c2[C@H](OC(C)(C)C)C(=O)OC2C[C@H](C)CC[C@H]2C(C)C)CCNC3)cc(F)c2c1CCCO2.O=C1CCCCC1. The zero-order chi connectivity index (χ0) is 99.6. The summed E-state index contributed by atoms with van der Waals surface area (Å²) in [5.74, 6) is 1.35. The molecule has 5 fully saturated rings. The Labute approximate surface area is 825 Å². The summed E-state index contributed by atoms with van der Waals surface area (Å²) >= 11 is 0. The van der Waals surface area contributed by atoms with Gasteiger partial charge in [-0.1, -0.05) is 99.3 Å². The van der Waals surface area contributed by atoms with Gasteiger partial charge in [-0.05, 0) is 424 Å². The topological polar surface area (TPSA) is 181 Å². The van der Waals surface area contributed by atoms with Crippen LogP contribution in [0, 0.1) is 115 Å². The number of aliphatic carboxylic acids is 1. The third-order valence-corrected chi connectivity index (χ3v) is 32.8. The van der Waals surface area contributed by atoms with Crippen molar-refractivity contribution in [3.8, 4) is 50.6 Å². The molecular formula is C119H168F3N3O13. The molecule has 16 nitrogen and oxygen atoms in total. The van der Waals surface area contributed by atoms with E-state index in [1.807, 2.05) is 76.2 Å². The second kappa shape index (κ2) is 45.1. The molecule has 0 saturated heterocycles. The van der Waals surface area contributed by atoms with Crippen LogP contribution in [0.15, 0.2) is 18.2 Å². The summed E-state index contributed by atoms with van der Waals surface area (Å²) in [6.45, 7) is 57.0. The van der Waals surface area contributed by atoms with Crippen LogP contribution in [0.5, 0.6) is 17.2 Å². The first-order valence-electron chi connectivity index (χ1n) is 53.6. The third-order valence-electron chi connectivity index (χ3n) is 32.8. The van der Waals surface area contributed by atoms with E-state index in [4.69, 9.17) is 37.9 Å². The van der Waals surface area contributed by atoms with Crippen molar-refractivity contribution in [2.45, 2.75) is 438 Å². The molecule has 758 valence electrons. The number of ether oxygens (including phenoxy) is 8. The minimum Gasteiger partial charge on any atom is -0.490 e. The summed E-state index contributed by atoms with van der Waals surface area (Å²) in [6, 6.07) is 6.06. The summed E-state index contributed by atoms with van der Waals surface area (Å²) in [4.78, 5) is 57.9. The Bertz CT molecular complexity index is 5390. The second-order valence-electron chi connectivity index (χ2n) is 46.7. The number of hydrogen-bond donors (Lipinski definition) is 2. The molecule has 0 spiro atoms. The molecule has 2 unspecified atom stereocenters. The van der Waals surface area contributed by atoms with E-state index in [1.54, 1.807) is 18.2 Å². The number of carboxylic acids is 1. The van der Waals surface area contributed by atoms with Crippen molar-refractivity contribution in [2.24, 2.45) is 35.5 Å². The standard InChI is InChI=1S/C43H62FNO4.C37H52FNO4.C33H44FNO4.C6H10O/c1-25(2)31-18-17-26(3)22-37(31)48-42(46)41(49-43(7,8)9)39-28(5)32-19-20-45(30-14-11-10-12-15-30)24-35(32)29(6)38(39)34-23-36(44)40-33(27(34)4)16-13-21-47-40;1-20(2)25-13-12-21(3)17-31(25)42-36(40)35(43-37(7,8)9)33-23(5)26-14-15-39-19-29(26)24(6)32(33)28-18-30(38)34-27(22(28)4)11-10-16-41-34;1-19-24-13-10-16-38-30(24)27(34)17-25(19)28-21(3)26-18-35(22-11-8-7-9-12-22)15-14-23(26)20(2)29(28)31(32(36)37)39-33(4,5)6;7-6-4-2-1-3-5-6/h23,25-26,30-31,37,41H,10-22,24H2,1-9H3;18,20-21,25,31,35,39H,10-17,19H2,1-9H3;17,22,31H,7-16,18H2,1-6H3,(H,36,37);1-5H2/t26-,31+,37?,41+;21-,25+,31?,35+;31-;/m110./s1. The highest BCUT2D eigenvalue weighted by atomic mass is 19.1. The second-order valence-corrected chi connectivity index (χ2v) is 46.7. The molecule has 19 heteroatoms. The maximum absolute atomic E-state index is 16.0. The summed E-state index contributed by atoms with van der Waals surface area (Å²) < 4.78 is 97.6. The minimum absolute atomic E-state index is 0.144.